The molecule has 0 aliphatic carbocycles. The lowest BCUT2D eigenvalue weighted by Crippen LogP contribution is -2.36. The standard InChI is InChI=1S/C11H18N4O2S/c1-3-13-18(16,17)10-5-7-15(8-10)11-12-6-4-9(2)14-11/h4,6,10,13H,3,5,7-8H2,1-2H3. The molecule has 1 aliphatic heterocycles. The minimum absolute atomic E-state index is 0.374. The molecule has 1 aliphatic rings. The molecule has 1 saturated heterocycles. The third-order valence-electron chi connectivity index (χ3n) is 2.99. The van der Waals surface area contributed by atoms with Gasteiger partial charge in [0, 0.05) is 31.5 Å². The van der Waals surface area contributed by atoms with Gasteiger partial charge in [0.15, 0.2) is 0 Å². The molecule has 100 valence electrons. The second-order valence-corrected chi connectivity index (χ2v) is 6.44. The molecular formula is C11H18N4O2S. The fraction of sp³-hybridized carbons (Fsp3) is 0.636. The van der Waals surface area contributed by atoms with Crippen LogP contribution in [-0.2, 0) is 10.0 Å². The number of sulfonamides is 1. The second kappa shape index (κ2) is 5.19. The highest BCUT2D eigenvalue weighted by Crippen LogP contribution is 2.20. The first kappa shape index (κ1) is 13.2. The van der Waals surface area contributed by atoms with E-state index < -0.39 is 10.0 Å². The van der Waals surface area contributed by atoms with E-state index in [-0.39, 0.29) is 5.25 Å². The lowest BCUT2D eigenvalue weighted by molar-refractivity contribution is 0.570. The maximum Gasteiger partial charge on any atom is 0.225 e. The zero-order valence-corrected chi connectivity index (χ0v) is 11.4. The zero-order chi connectivity index (χ0) is 13.2. The molecule has 0 spiro atoms. The van der Waals surface area contributed by atoms with E-state index in [0.29, 0.717) is 32.0 Å². The van der Waals surface area contributed by atoms with Crippen LogP contribution in [-0.4, -0.2) is 43.3 Å². The molecule has 7 heteroatoms. The van der Waals surface area contributed by atoms with Crippen LogP contribution in [0.1, 0.15) is 19.0 Å². The Morgan fingerprint density at radius 3 is 3.00 bits per heavy atom. The summed E-state index contributed by atoms with van der Waals surface area (Å²) in [5.74, 6) is 0.615. The van der Waals surface area contributed by atoms with Crippen LogP contribution < -0.4 is 9.62 Å². The molecule has 2 rings (SSSR count). The summed E-state index contributed by atoms with van der Waals surface area (Å²) in [5.41, 5.74) is 0.887. The van der Waals surface area contributed by atoms with Gasteiger partial charge in [-0.2, -0.15) is 0 Å². The van der Waals surface area contributed by atoms with Gasteiger partial charge in [0.2, 0.25) is 16.0 Å². The predicted molar refractivity (Wildman–Crippen MR) is 70.0 cm³/mol. The Hall–Kier alpha value is -1.21. The molecule has 1 atom stereocenters. The van der Waals surface area contributed by atoms with Crippen LogP contribution >= 0.6 is 0 Å². The van der Waals surface area contributed by atoms with Crippen LogP contribution in [0.4, 0.5) is 5.95 Å². The molecule has 0 bridgehead atoms. The largest absolute Gasteiger partial charge is 0.339 e. The zero-order valence-electron chi connectivity index (χ0n) is 10.6. The first-order valence-electron chi connectivity index (χ1n) is 6.06. The van der Waals surface area contributed by atoms with Crippen LogP contribution in [0.2, 0.25) is 0 Å². The van der Waals surface area contributed by atoms with Crippen LogP contribution in [0.3, 0.4) is 0 Å². The Labute approximate surface area is 107 Å². The van der Waals surface area contributed by atoms with Crippen LogP contribution in [0.15, 0.2) is 12.3 Å². The maximum atomic E-state index is 11.9. The molecule has 1 unspecified atom stereocenters. The lowest BCUT2D eigenvalue weighted by Gasteiger charge is -2.16. The minimum Gasteiger partial charge on any atom is -0.339 e. The number of hydrogen-bond donors (Lipinski definition) is 1. The third-order valence-corrected chi connectivity index (χ3v) is 4.95. The van der Waals surface area contributed by atoms with Crippen molar-refractivity contribution in [1.29, 1.82) is 0 Å². The van der Waals surface area contributed by atoms with Crippen LogP contribution in [0.5, 0.6) is 0 Å². The smallest absolute Gasteiger partial charge is 0.225 e. The van der Waals surface area contributed by atoms with Gasteiger partial charge in [0.1, 0.15) is 0 Å². The Kier molecular flexibility index (Phi) is 3.82. The first-order valence-corrected chi connectivity index (χ1v) is 7.60. The summed E-state index contributed by atoms with van der Waals surface area (Å²) < 4.78 is 26.3. The van der Waals surface area contributed by atoms with Gasteiger partial charge in [-0.05, 0) is 19.4 Å². The normalized spacial score (nSPS) is 20.3. The van der Waals surface area contributed by atoms with Crippen molar-refractivity contribution >= 4 is 16.0 Å². The van der Waals surface area contributed by atoms with Gasteiger partial charge in [-0.1, -0.05) is 6.92 Å². The maximum absolute atomic E-state index is 11.9. The highest BCUT2D eigenvalue weighted by atomic mass is 32.2. The van der Waals surface area contributed by atoms with Crippen molar-refractivity contribution in [1.82, 2.24) is 14.7 Å². The molecule has 1 aromatic rings. The summed E-state index contributed by atoms with van der Waals surface area (Å²) in [6.45, 7) is 5.25. The fourth-order valence-corrected chi connectivity index (χ4v) is 3.50. The van der Waals surface area contributed by atoms with Gasteiger partial charge < -0.3 is 4.90 Å². The van der Waals surface area contributed by atoms with Gasteiger partial charge >= 0.3 is 0 Å². The number of aryl methyl sites for hydroxylation is 1. The monoisotopic (exact) mass is 270 g/mol. The Morgan fingerprint density at radius 2 is 2.33 bits per heavy atom. The molecular weight excluding hydrogens is 252 g/mol. The van der Waals surface area contributed by atoms with E-state index in [9.17, 15) is 8.42 Å². The number of nitrogens with one attached hydrogen (secondary N) is 1. The van der Waals surface area contributed by atoms with Crippen LogP contribution in [0, 0.1) is 6.92 Å². The highest BCUT2D eigenvalue weighted by molar-refractivity contribution is 7.90. The van der Waals surface area contributed by atoms with Crippen LogP contribution in [0.25, 0.3) is 0 Å². The molecule has 0 saturated carbocycles. The van der Waals surface area contributed by atoms with Gasteiger partial charge in [0.05, 0.1) is 5.25 Å². The number of nitrogens with zero attached hydrogens (tertiary/aromatic N) is 3. The van der Waals surface area contributed by atoms with Crippen molar-refractivity contribution in [3.8, 4) is 0 Å². The SMILES string of the molecule is CCNS(=O)(=O)C1CCN(c2nccc(C)n2)C1. The quantitative estimate of drug-likeness (QED) is 0.852. The summed E-state index contributed by atoms with van der Waals surface area (Å²) in [7, 11) is -3.21. The van der Waals surface area contributed by atoms with Crippen molar-refractivity contribution in [3.63, 3.8) is 0 Å². The van der Waals surface area contributed by atoms with E-state index >= 15 is 0 Å². The fourth-order valence-electron chi connectivity index (χ4n) is 2.07. The minimum atomic E-state index is -3.21. The summed E-state index contributed by atoms with van der Waals surface area (Å²) in [6.07, 6.45) is 2.32. The van der Waals surface area contributed by atoms with Gasteiger partial charge in [-0.3, -0.25) is 0 Å². The predicted octanol–water partition coefficient (Wildman–Crippen LogP) is 0.303. The first-order chi connectivity index (χ1) is 8.53. The van der Waals surface area contributed by atoms with E-state index in [4.69, 9.17) is 0 Å². The second-order valence-electron chi connectivity index (χ2n) is 4.40. The molecule has 1 aromatic heterocycles. The van der Waals surface area contributed by atoms with Crippen molar-refractivity contribution in [2.45, 2.75) is 25.5 Å². The van der Waals surface area contributed by atoms with E-state index in [1.807, 2.05) is 17.9 Å². The Balaban J connectivity index is 2.09. The number of hydrogen-bond acceptors (Lipinski definition) is 5. The average Bonchev–Trinajstić information content (AvgIpc) is 2.78. The highest BCUT2D eigenvalue weighted by Gasteiger charge is 2.33. The lowest BCUT2D eigenvalue weighted by atomic mass is 10.4. The molecule has 0 aromatic carbocycles. The molecule has 0 amide bonds. The summed E-state index contributed by atoms with van der Waals surface area (Å²) in [4.78, 5) is 10.4. The van der Waals surface area contributed by atoms with Crippen molar-refractivity contribution in [3.05, 3.63) is 18.0 Å². The molecule has 6 nitrogen and oxygen atoms in total. The molecule has 2 heterocycles. The van der Waals surface area contributed by atoms with Gasteiger partial charge in [-0.25, -0.2) is 23.1 Å². The Bertz CT molecular complexity index is 518. The summed E-state index contributed by atoms with van der Waals surface area (Å²) in [6, 6.07) is 1.83. The summed E-state index contributed by atoms with van der Waals surface area (Å²) >= 11 is 0. The Morgan fingerprint density at radius 1 is 1.56 bits per heavy atom. The van der Waals surface area contributed by atoms with Crippen molar-refractivity contribution in [2.75, 3.05) is 24.5 Å². The van der Waals surface area contributed by atoms with E-state index in [2.05, 4.69) is 14.7 Å². The van der Waals surface area contributed by atoms with E-state index in [1.165, 1.54) is 0 Å². The molecule has 1 N–H and O–H groups in total. The summed E-state index contributed by atoms with van der Waals surface area (Å²) in [5, 5.41) is -0.374. The molecule has 1 fully saturated rings. The van der Waals surface area contributed by atoms with Crippen molar-refractivity contribution < 1.29 is 8.42 Å². The van der Waals surface area contributed by atoms with Crippen molar-refractivity contribution in [2.24, 2.45) is 0 Å². The third kappa shape index (κ3) is 2.78. The number of anilines is 1. The van der Waals surface area contributed by atoms with E-state index in [1.54, 1.807) is 13.1 Å². The average molecular weight is 270 g/mol. The molecule has 18 heavy (non-hydrogen) atoms. The number of aromatic nitrogens is 2. The van der Waals surface area contributed by atoms with Gasteiger partial charge in [0.25, 0.3) is 0 Å². The topological polar surface area (TPSA) is 75.2 Å². The van der Waals surface area contributed by atoms with E-state index in [0.717, 1.165) is 5.69 Å². The number of rotatable bonds is 4. The molecule has 0 radical (unpaired) electrons. The van der Waals surface area contributed by atoms with Gasteiger partial charge in [-0.15, -0.1) is 0 Å².